The van der Waals surface area contributed by atoms with Crippen molar-refractivity contribution < 1.29 is 28.6 Å². The number of aromatic carboxylic acids is 1. The van der Waals surface area contributed by atoms with Crippen LogP contribution in [0.3, 0.4) is 0 Å². The molecule has 3 heterocycles. The smallest absolute Gasteiger partial charge is 0.338 e. The maximum Gasteiger partial charge on any atom is 0.338 e. The van der Waals surface area contributed by atoms with Crippen molar-refractivity contribution in [1.82, 2.24) is 4.57 Å². The van der Waals surface area contributed by atoms with Crippen LogP contribution in [-0.4, -0.2) is 35.3 Å². The van der Waals surface area contributed by atoms with Gasteiger partial charge in [-0.25, -0.2) is 14.6 Å². The highest BCUT2D eigenvalue weighted by Gasteiger charge is 2.34. The Hall–Kier alpha value is -5.22. The topological polar surface area (TPSA) is 120 Å². The van der Waals surface area contributed by atoms with Gasteiger partial charge < -0.3 is 19.0 Å². The first-order valence-corrected chi connectivity index (χ1v) is 14.3. The number of carboxylic acid groups (broad SMARTS) is 1. The Kier molecular flexibility index (Phi) is 7.29. The second-order valence-corrected chi connectivity index (χ2v) is 10.8. The van der Waals surface area contributed by atoms with Gasteiger partial charge in [0.15, 0.2) is 4.80 Å². The summed E-state index contributed by atoms with van der Waals surface area (Å²) in [6, 6.07) is 20.4. The summed E-state index contributed by atoms with van der Waals surface area (Å²) in [4.78, 5) is 43.7. The molecule has 0 bridgehead atoms. The summed E-state index contributed by atoms with van der Waals surface area (Å²) in [6.45, 7) is 3.66. The molecule has 1 atom stereocenters. The quantitative estimate of drug-likeness (QED) is 0.266. The molecule has 0 aliphatic carbocycles. The normalized spacial score (nSPS) is 14.9. The molecule has 2 aromatic heterocycles. The predicted molar refractivity (Wildman–Crippen MR) is 162 cm³/mol. The third-order valence-electron chi connectivity index (χ3n) is 7.27. The number of nitrogens with zero attached hydrogens (tertiary/aromatic N) is 2. The molecule has 0 fully saturated rings. The Bertz CT molecular complexity index is 2120. The van der Waals surface area contributed by atoms with Crippen LogP contribution in [0.15, 0.2) is 98.3 Å². The number of hydrogen-bond acceptors (Lipinski definition) is 8. The lowest BCUT2D eigenvalue weighted by atomic mass is 9.91. The molecular formula is C33H26N2O7S. The van der Waals surface area contributed by atoms with E-state index in [2.05, 4.69) is 4.99 Å². The van der Waals surface area contributed by atoms with Crippen LogP contribution in [0.1, 0.15) is 41.6 Å². The number of carbonyl (C=O) groups excluding carboxylic acids is 1. The van der Waals surface area contributed by atoms with E-state index >= 15 is 0 Å². The fraction of sp³-hybridized carbons (Fsp3) is 0.152. The fourth-order valence-electron chi connectivity index (χ4n) is 5.29. The summed E-state index contributed by atoms with van der Waals surface area (Å²) >= 11 is 1.20. The second kappa shape index (κ2) is 11.2. The molecule has 0 unspecified atom stereocenters. The molecule has 1 N–H and O–H groups in total. The second-order valence-electron chi connectivity index (χ2n) is 9.79. The predicted octanol–water partition coefficient (Wildman–Crippen LogP) is 4.92. The zero-order valence-electron chi connectivity index (χ0n) is 23.5. The van der Waals surface area contributed by atoms with E-state index in [9.17, 15) is 14.4 Å². The highest BCUT2D eigenvalue weighted by molar-refractivity contribution is 7.07. The molecule has 5 aromatic rings. The summed E-state index contributed by atoms with van der Waals surface area (Å²) in [5.41, 5.74) is 2.06. The third-order valence-corrected chi connectivity index (χ3v) is 8.25. The van der Waals surface area contributed by atoms with Crippen LogP contribution in [-0.2, 0) is 9.53 Å². The number of thiazole rings is 1. The molecule has 9 nitrogen and oxygen atoms in total. The molecule has 3 aromatic carbocycles. The fourth-order valence-corrected chi connectivity index (χ4v) is 6.32. The van der Waals surface area contributed by atoms with Gasteiger partial charge in [0.1, 0.15) is 17.3 Å². The molecule has 0 saturated heterocycles. The van der Waals surface area contributed by atoms with Gasteiger partial charge in [0.25, 0.3) is 5.56 Å². The molecule has 216 valence electrons. The lowest BCUT2D eigenvalue weighted by Crippen LogP contribution is -2.40. The molecule has 0 saturated carbocycles. The third kappa shape index (κ3) is 4.95. The van der Waals surface area contributed by atoms with Crippen molar-refractivity contribution in [2.75, 3.05) is 13.7 Å². The number of fused-ring (bicyclic) bond motifs is 2. The molecular weight excluding hydrogens is 568 g/mol. The van der Waals surface area contributed by atoms with Crippen molar-refractivity contribution in [2.45, 2.75) is 19.9 Å². The van der Waals surface area contributed by atoms with Gasteiger partial charge in [-0.1, -0.05) is 53.8 Å². The lowest BCUT2D eigenvalue weighted by Gasteiger charge is -2.26. The van der Waals surface area contributed by atoms with Crippen molar-refractivity contribution >= 4 is 40.1 Å². The average Bonchev–Trinajstić information content (AvgIpc) is 3.60. The van der Waals surface area contributed by atoms with Gasteiger partial charge in [0.05, 0.1) is 41.1 Å². The number of furan rings is 1. The van der Waals surface area contributed by atoms with Gasteiger partial charge in [-0.2, -0.15) is 0 Å². The van der Waals surface area contributed by atoms with Gasteiger partial charge in [0, 0.05) is 17.0 Å². The van der Waals surface area contributed by atoms with Crippen molar-refractivity contribution in [3.63, 3.8) is 0 Å². The van der Waals surface area contributed by atoms with Crippen LogP contribution in [0.2, 0.25) is 0 Å². The first kappa shape index (κ1) is 27.9. The van der Waals surface area contributed by atoms with Crippen LogP contribution in [0.25, 0.3) is 28.2 Å². The Morgan fingerprint density at radius 1 is 1.05 bits per heavy atom. The van der Waals surface area contributed by atoms with E-state index in [1.54, 1.807) is 55.9 Å². The van der Waals surface area contributed by atoms with Gasteiger partial charge in [0.2, 0.25) is 0 Å². The molecule has 1 aliphatic heterocycles. The zero-order chi connectivity index (χ0) is 30.2. The van der Waals surface area contributed by atoms with Crippen LogP contribution in [0, 0.1) is 0 Å². The molecule has 6 rings (SSSR count). The summed E-state index contributed by atoms with van der Waals surface area (Å²) in [6.07, 6.45) is 1.64. The number of ether oxygens (including phenoxy) is 2. The Labute approximate surface area is 249 Å². The highest BCUT2D eigenvalue weighted by Crippen LogP contribution is 2.38. The summed E-state index contributed by atoms with van der Waals surface area (Å²) in [5, 5.41) is 10.9. The van der Waals surface area contributed by atoms with Crippen molar-refractivity contribution in [3.05, 3.63) is 121 Å². The SMILES string of the molecule is CCOC(=O)C1=C(C)N=c2s/c(=C\c3ccc(-c4ccc(C(=O)O)cc4)o3)c(=O)n2[C@H]1c1ccc(OC)c2ccccc12. The lowest BCUT2D eigenvalue weighted by molar-refractivity contribution is -0.139. The van der Waals surface area contributed by atoms with Crippen molar-refractivity contribution in [3.8, 4) is 17.1 Å². The van der Waals surface area contributed by atoms with Crippen molar-refractivity contribution in [1.29, 1.82) is 0 Å². The number of allylic oxidation sites excluding steroid dienone is 1. The maximum absolute atomic E-state index is 14.1. The average molecular weight is 595 g/mol. The van der Waals surface area contributed by atoms with Crippen molar-refractivity contribution in [2.24, 2.45) is 4.99 Å². The maximum atomic E-state index is 14.1. The Morgan fingerprint density at radius 2 is 1.79 bits per heavy atom. The largest absolute Gasteiger partial charge is 0.496 e. The van der Waals surface area contributed by atoms with E-state index < -0.39 is 18.0 Å². The minimum atomic E-state index is -1.01. The number of carboxylic acids is 1. The van der Waals surface area contributed by atoms with Crippen LogP contribution >= 0.6 is 11.3 Å². The zero-order valence-corrected chi connectivity index (χ0v) is 24.3. The number of carbonyl (C=O) groups is 2. The minimum Gasteiger partial charge on any atom is -0.496 e. The van der Waals surface area contributed by atoms with E-state index in [4.69, 9.17) is 19.0 Å². The van der Waals surface area contributed by atoms with E-state index in [0.717, 1.165) is 16.3 Å². The summed E-state index contributed by atoms with van der Waals surface area (Å²) < 4.78 is 18.9. The van der Waals surface area contributed by atoms with E-state index in [-0.39, 0.29) is 17.7 Å². The minimum absolute atomic E-state index is 0.174. The van der Waals surface area contributed by atoms with E-state index in [0.29, 0.717) is 43.4 Å². The van der Waals surface area contributed by atoms with Crippen LogP contribution in [0.5, 0.6) is 5.75 Å². The standard InChI is InChI=1S/C33H26N2O7S/c1-4-41-32(39)28-18(2)34-33-35(29(28)24-14-16-26(40-3)23-8-6-5-7-22(23)24)30(36)27(43-33)17-21-13-15-25(42-21)19-9-11-20(12-10-19)31(37)38/h5-17,29H,4H2,1-3H3,(H,37,38)/b27-17-/t29-/m0/s1. The number of hydrogen-bond donors (Lipinski definition) is 1. The summed E-state index contributed by atoms with van der Waals surface area (Å²) in [7, 11) is 1.60. The molecule has 43 heavy (non-hydrogen) atoms. The molecule has 0 amide bonds. The van der Waals surface area contributed by atoms with Crippen LogP contribution < -0.4 is 19.6 Å². The Morgan fingerprint density at radius 3 is 2.49 bits per heavy atom. The number of methoxy groups -OCH3 is 1. The Balaban J connectivity index is 1.50. The van der Waals surface area contributed by atoms with E-state index in [1.807, 2.05) is 36.4 Å². The van der Waals surface area contributed by atoms with E-state index in [1.165, 1.54) is 23.5 Å². The number of benzene rings is 3. The summed E-state index contributed by atoms with van der Waals surface area (Å²) in [5.74, 6) is 0.0996. The first-order chi connectivity index (χ1) is 20.8. The number of rotatable bonds is 7. The molecule has 1 aliphatic rings. The van der Waals surface area contributed by atoms with Gasteiger partial charge in [-0.15, -0.1) is 0 Å². The highest BCUT2D eigenvalue weighted by atomic mass is 32.1. The van der Waals surface area contributed by atoms with Crippen LogP contribution in [0.4, 0.5) is 0 Å². The first-order valence-electron chi connectivity index (χ1n) is 13.5. The van der Waals surface area contributed by atoms with Gasteiger partial charge >= 0.3 is 11.9 Å². The molecule has 10 heteroatoms. The molecule has 0 radical (unpaired) electrons. The van der Waals surface area contributed by atoms with Gasteiger partial charge in [-0.3, -0.25) is 9.36 Å². The number of esters is 1. The number of aromatic nitrogens is 1. The molecule has 0 spiro atoms. The van der Waals surface area contributed by atoms with Gasteiger partial charge in [-0.05, 0) is 55.1 Å². The monoisotopic (exact) mass is 594 g/mol.